The van der Waals surface area contributed by atoms with Crippen molar-refractivity contribution in [1.82, 2.24) is 5.32 Å². The fourth-order valence-corrected chi connectivity index (χ4v) is 1.23. The molecule has 0 aliphatic heterocycles. The molecule has 0 heterocycles. The number of nitrogens with one attached hydrogen (secondary N) is 1. The molecule has 0 fully saturated rings. The first-order valence-electron chi connectivity index (χ1n) is 4.73. The second kappa shape index (κ2) is 5.77. The van der Waals surface area contributed by atoms with Gasteiger partial charge in [-0.15, -0.1) is 0 Å². The summed E-state index contributed by atoms with van der Waals surface area (Å²) in [6, 6.07) is 4.50. The molecule has 16 heavy (non-hydrogen) atoms. The van der Waals surface area contributed by atoms with Gasteiger partial charge >= 0.3 is 0 Å². The predicted octanol–water partition coefficient (Wildman–Crippen LogP) is 1.64. The van der Waals surface area contributed by atoms with E-state index in [1.807, 2.05) is 13.1 Å². The zero-order valence-corrected chi connectivity index (χ0v) is 8.84. The van der Waals surface area contributed by atoms with Crippen LogP contribution in [0.1, 0.15) is 15.9 Å². The van der Waals surface area contributed by atoms with E-state index in [1.54, 1.807) is 12.1 Å². The minimum atomic E-state index is -0.556. The second-order valence-corrected chi connectivity index (χ2v) is 3.15. The number of aldehydes is 1. The summed E-state index contributed by atoms with van der Waals surface area (Å²) in [5, 5.41) is 13.6. The van der Waals surface area contributed by atoms with Gasteiger partial charge in [-0.05, 0) is 18.7 Å². The van der Waals surface area contributed by atoms with E-state index < -0.39 is 4.92 Å². The van der Waals surface area contributed by atoms with Crippen molar-refractivity contribution in [2.24, 2.45) is 0 Å². The van der Waals surface area contributed by atoms with E-state index in [2.05, 4.69) is 5.32 Å². The Hall–Kier alpha value is -2.01. The number of nitrogens with zero attached hydrogens (tertiary/aromatic N) is 1. The third-order valence-corrected chi connectivity index (χ3v) is 2.01. The zero-order valence-electron chi connectivity index (χ0n) is 8.84. The lowest BCUT2D eigenvalue weighted by Gasteiger charge is -1.97. The molecule has 0 atom stereocenters. The van der Waals surface area contributed by atoms with Crippen LogP contribution in [0.5, 0.6) is 0 Å². The maximum Gasteiger partial charge on any atom is 0.280 e. The highest BCUT2D eigenvalue weighted by molar-refractivity contribution is 5.82. The van der Waals surface area contributed by atoms with Crippen LogP contribution in [0.15, 0.2) is 24.3 Å². The first kappa shape index (κ1) is 12.1. The lowest BCUT2D eigenvalue weighted by atomic mass is 10.1. The van der Waals surface area contributed by atoms with Crippen molar-refractivity contribution in [3.8, 4) is 0 Å². The van der Waals surface area contributed by atoms with E-state index in [9.17, 15) is 14.9 Å². The van der Waals surface area contributed by atoms with Gasteiger partial charge in [0, 0.05) is 12.6 Å². The fraction of sp³-hybridized carbons (Fsp3) is 0.182. The molecule has 0 spiro atoms. The summed E-state index contributed by atoms with van der Waals surface area (Å²) in [5.41, 5.74) is 0.630. The van der Waals surface area contributed by atoms with Crippen molar-refractivity contribution < 1.29 is 9.72 Å². The van der Waals surface area contributed by atoms with Crippen molar-refractivity contribution >= 4 is 18.0 Å². The molecule has 0 radical (unpaired) electrons. The average molecular weight is 220 g/mol. The Labute approximate surface area is 92.9 Å². The van der Waals surface area contributed by atoms with Gasteiger partial charge < -0.3 is 5.32 Å². The Bertz CT molecular complexity index is 427. The number of rotatable bonds is 5. The Kier molecular flexibility index (Phi) is 4.35. The summed E-state index contributed by atoms with van der Waals surface area (Å²) in [7, 11) is 1.81. The lowest BCUT2D eigenvalue weighted by molar-refractivity contribution is -0.385. The van der Waals surface area contributed by atoms with Gasteiger partial charge in [-0.1, -0.05) is 18.2 Å². The fourth-order valence-electron chi connectivity index (χ4n) is 1.23. The summed E-state index contributed by atoms with van der Waals surface area (Å²) in [6.07, 6.45) is 4.09. The van der Waals surface area contributed by atoms with Crippen LogP contribution >= 0.6 is 0 Å². The lowest BCUT2D eigenvalue weighted by Crippen LogP contribution is -2.03. The summed E-state index contributed by atoms with van der Waals surface area (Å²) in [5.74, 6) is 0. The minimum Gasteiger partial charge on any atom is -0.316 e. The van der Waals surface area contributed by atoms with Crippen molar-refractivity contribution in [1.29, 1.82) is 0 Å². The Balaban J connectivity index is 3.02. The maximum absolute atomic E-state index is 10.7. The van der Waals surface area contributed by atoms with Gasteiger partial charge in [0.1, 0.15) is 0 Å². The molecule has 1 aromatic rings. The average Bonchev–Trinajstić information content (AvgIpc) is 2.29. The highest BCUT2D eigenvalue weighted by Gasteiger charge is 2.12. The number of carbonyl (C=O) groups excluding carboxylic acids is 1. The molecule has 0 bridgehead atoms. The molecule has 1 N–H and O–H groups in total. The monoisotopic (exact) mass is 220 g/mol. The van der Waals surface area contributed by atoms with E-state index >= 15 is 0 Å². The van der Waals surface area contributed by atoms with E-state index in [4.69, 9.17) is 0 Å². The second-order valence-electron chi connectivity index (χ2n) is 3.15. The van der Waals surface area contributed by atoms with Crippen LogP contribution in [-0.2, 0) is 0 Å². The maximum atomic E-state index is 10.7. The molecule has 0 aliphatic rings. The van der Waals surface area contributed by atoms with Gasteiger partial charge in [0.15, 0.2) is 6.29 Å². The molecule has 0 unspecified atom stereocenters. The van der Waals surface area contributed by atoms with Crippen LogP contribution in [0.2, 0.25) is 0 Å². The van der Waals surface area contributed by atoms with Crippen molar-refractivity contribution in [2.45, 2.75) is 0 Å². The van der Waals surface area contributed by atoms with Crippen LogP contribution in [0.4, 0.5) is 5.69 Å². The van der Waals surface area contributed by atoms with Crippen molar-refractivity contribution in [2.75, 3.05) is 13.6 Å². The van der Waals surface area contributed by atoms with Crippen LogP contribution in [0.25, 0.3) is 6.08 Å². The third-order valence-electron chi connectivity index (χ3n) is 2.01. The number of benzene rings is 1. The Morgan fingerprint density at radius 3 is 2.81 bits per heavy atom. The first-order valence-corrected chi connectivity index (χ1v) is 4.73. The largest absolute Gasteiger partial charge is 0.316 e. The summed E-state index contributed by atoms with van der Waals surface area (Å²) in [6.45, 7) is 0.684. The number of hydrogen-bond acceptors (Lipinski definition) is 4. The Morgan fingerprint density at radius 2 is 2.25 bits per heavy atom. The molecule has 1 rings (SSSR count). The van der Waals surface area contributed by atoms with Crippen LogP contribution in [0, 0.1) is 10.1 Å². The number of nitro benzene ring substituents is 1. The van der Waals surface area contributed by atoms with Crippen LogP contribution in [-0.4, -0.2) is 24.8 Å². The van der Waals surface area contributed by atoms with E-state index in [0.29, 0.717) is 18.4 Å². The van der Waals surface area contributed by atoms with Gasteiger partial charge in [0.25, 0.3) is 5.69 Å². The quantitative estimate of drug-likeness (QED) is 0.465. The smallest absolute Gasteiger partial charge is 0.280 e. The van der Waals surface area contributed by atoms with Gasteiger partial charge in [-0.2, -0.15) is 0 Å². The van der Waals surface area contributed by atoms with Crippen molar-refractivity contribution in [3.63, 3.8) is 0 Å². The summed E-state index contributed by atoms with van der Waals surface area (Å²) < 4.78 is 0. The van der Waals surface area contributed by atoms with E-state index in [0.717, 1.165) is 0 Å². The topological polar surface area (TPSA) is 72.2 Å². The van der Waals surface area contributed by atoms with Crippen LogP contribution in [0.3, 0.4) is 0 Å². The van der Waals surface area contributed by atoms with E-state index in [-0.39, 0.29) is 11.3 Å². The molecule has 5 heteroatoms. The van der Waals surface area contributed by atoms with Gasteiger partial charge in [0.05, 0.1) is 10.5 Å². The predicted molar refractivity (Wildman–Crippen MR) is 61.4 cm³/mol. The summed E-state index contributed by atoms with van der Waals surface area (Å²) >= 11 is 0. The highest BCUT2D eigenvalue weighted by Crippen LogP contribution is 2.19. The molecule has 0 aliphatic carbocycles. The number of nitro groups is 1. The molecule has 0 saturated carbocycles. The summed E-state index contributed by atoms with van der Waals surface area (Å²) in [4.78, 5) is 20.7. The molecule has 5 nitrogen and oxygen atoms in total. The third kappa shape index (κ3) is 2.99. The van der Waals surface area contributed by atoms with Gasteiger partial charge in [-0.3, -0.25) is 14.9 Å². The Morgan fingerprint density at radius 1 is 1.50 bits per heavy atom. The van der Waals surface area contributed by atoms with Crippen molar-refractivity contribution in [3.05, 3.63) is 45.5 Å². The number of hydrogen-bond donors (Lipinski definition) is 1. The number of carbonyl (C=O) groups is 1. The molecule has 0 saturated heterocycles. The molecule has 0 amide bonds. The molecule has 1 aromatic carbocycles. The van der Waals surface area contributed by atoms with Gasteiger partial charge in [0.2, 0.25) is 0 Å². The number of likely N-dealkylation sites (N-methyl/N-ethyl adjacent to an activating group) is 1. The standard InChI is InChI=1S/C11H12N2O3/c1-12-6-2-3-9-4-5-10(8-14)11(7-9)13(15)16/h2-5,7-8,12H,6H2,1H3. The van der Waals surface area contributed by atoms with E-state index in [1.165, 1.54) is 12.1 Å². The molecule has 84 valence electrons. The van der Waals surface area contributed by atoms with Gasteiger partial charge in [-0.25, -0.2) is 0 Å². The zero-order chi connectivity index (χ0) is 12.0. The van der Waals surface area contributed by atoms with Crippen LogP contribution < -0.4 is 5.32 Å². The minimum absolute atomic E-state index is 0.0933. The normalized spacial score (nSPS) is 10.6. The molecular weight excluding hydrogens is 208 g/mol. The highest BCUT2D eigenvalue weighted by atomic mass is 16.6. The molecular formula is C11H12N2O3. The molecule has 0 aromatic heterocycles. The first-order chi connectivity index (χ1) is 7.69. The SMILES string of the molecule is CNCC=Cc1ccc(C=O)c([N+](=O)[O-])c1.